The Bertz CT molecular complexity index is 1010. The fraction of sp³-hybridized carbons (Fsp3) is 0.316. The number of benzene rings is 2. The van der Waals surface area contributed by atoms with Gasteiger partial charge < -0.3 is 9.47 Å². The van der Waals surface area contributed by atoms with E-state index in [1.54, 1.807) is 13.0 Å². The summed E-state index contributed by atoms with van der Waals surface area (Å²) in [5.41, 5.74) is 0.856. The highest BCUT2D eigenvalue weighted by molar-refractivity contribution is 5.80. The predicted octanol–water partition coefficient (Wildman–Crippen LogP) is 5.29. The normalized spacial score (nSPS) is 12.6. The molecule has 0 heterocycles. The smallest absolute Gasteiger partial charge is 0.462 e. The van der Waals surface area contributed by atoms with E-state index >= 15 is 0 Å². The van der Waals surface area contributed by atoms with Gasteiger partial charge in [-0.3, -0.25) is 10.1 Å². The minimum absolute atomic E-state index is 0.0137. The van der Waals surface area contributed by atoms with Crippen LogP contribution in [0.1, 0.15) is 18.1 Å². The topological polar surface area (TPSA) is 86.0 Å². The Hall–Kier alpha value is -3.58. The molecule has 0 fully saturated rings. The van der Waals surface area contributed by atoms with Gasteiger partial charge in [0.2, 0.25) is 0 Å². The Balaban J connectivity index is 2.14. The van der Waals surface area contributed by atoms with Crippen molar-refractivity contribution in [2.24, 2.45) is 5.10 Å². The zero-order valence-electron chi connectivity index (χ0n) is 16.7. The number of ether oxygens (including phenoxy) is 2. The van der Waals surface area contributed by atoms with Crippen molar-refractivity contribution in [1.29, 1.82) is 0 Å². The van der Waals surface area contributed by atoms with Gasteiger partial charge in [-0.2, -0.15) is 35.8 Å². The molecule has 0 aliphatic carbocycles. The van der Waals surface area contributed by atoms with Crippen LogP contribution in [0.4, 0.5) is 36.4 Å². The quantitative estimate of drug-likeness (QED) is 0.163. The highest BCUT2D eigenvalue weighted by atomic mass is 19.4. The first-order valence-electron chi connectivity index (χ1n) is 9.04. The molecule has 0 bridgehead atoms. The molecule has 2 aromatic rings. The molecular formula is C19H16F7N3O4. The van der Waals surface area contributed by atoms with Crippen LogP contribution in [0.15, 0.2) is 47.6 Å². The van der Waals surface area contributed by atoms with Crippen LogP contribution in [-0.2, 0) is 6.61 Å². The van der Waals surface area contributed by atoms with Crippen LogP contribution in [0, 0.1) is 10.1 Å². The highest BCUT2D eigenvalue weighted by Gasteiger charge is 2.73. The van der Waals surface area contributed by atoms with Gasteiger partial charge in [0, 0.05) is 12.1 Å². The fourth-order valence-electron chi connectivity index (χ4n) is 2.35. The van der Waals surface area contributed by atoms with Crippen LogP contribution < -0.4 is 14.9 Å². The van der Waals surface area contributed by atoms with Crippen molar-refractivity contribution in [2.75, 3.05) is 6.61 Å². The SMILES string of the molecule is CCOc1cc(/C=N/NC(F)(F)C(F)(F)C(F)(F)F)ccc1OCc1cccc([N+](=O)[O-])c1. The average Bonchev–Trinajstić information content (AvgIpc) is 2.72. The molecule has 33 heavy (non-hydrogen) atoms. The second-order valence-electron chi connectivity index (χ2n) is 6.37. The summed E-state index contributed by atoms with van der Waals surface area (Å²) in [7, 11) is 0. The van der Waals surface area contributed by atoms with E-state index in [2.05, 4.69) is 5.10 Å². The average molecular weight is 483 g/mol. The molecule has 0 amide bonds. The monoisotopic (exact) mass is 483 g/mol. The second kappa shape index (κ2) is 9.92. The van der Waals surface area contributed by atoms with Crippen LogP contribution in [0.5, 0.6) is 11.5 Å². The molecule has 0 saturated carbocycles. The molecule has 180 valence electrons. The van der Waals surface area contributed by atoms with Gasteiger partial charge in [-0.1, -0.05) is 12.1 Å². The number of hydrogen-bond donors (Lipinski definition) is 1. The maximum Gasteiger partial charge on any atom is 0.462 e. The lowest BCUT2D eigenvalue weighted by Crippen LogP contribution is -2.58. The standard InChI is InChI=1S/C19H16F7N3O4/c1-2-32-16-9-12(10-27-28-19(25,26)17(20,21)18(22,23)24)6-7-15(16)33-11-13-4-3-5-14(8-13)29(30)31/h3-10,28H,2,11H2,1H3/b27-10+. The Kier molecular flexibility index (Phi) is 7.72. The van der Waals surface area contributed by atoms with E-state index in [9.17, 15) is 40.8 Å². The van der Waals surface area contributed by atoms with Gasteiger partial charge in [-0.05, 0) is 36.2 Å². The Morgan fingerprint density at radius 2 is 1.73 bits per heavy atom. The second-order valence-corrected chi connectivity index (χ2v) is 6.37. The molecule has 0 aliphatic heterocycles. The Morgan fingerprint density at radius 3 is 2.33 bits per heavy atom. The van der Waals surface area contributed by atoms with Gasteiger partial charge in [-0.15, -0.1) is 0 Å². The first-order chi connectivity index (χ1) is 15.3. The molecule has 0 spiro atoms. The van der Waals surface area contributed by atoms with E-state index < -0.39 is 23.1 Å². The van der Waals surface area contributed by atoms with Crippen LogP contribution in [0.3, 0.4) is 0 Å². The Morgan fingerprint density at radius 1 is 1.03 bits per heavy atom. The summed E-state index contributed by atoms with van der Waals surface area (Å²) in [5.74, 6) is -6.11. The fourth-order valence-corrected chi connectivity index (χ4v) is 2.35. The third-order valence-electron chi connectivity index (χ3n) is 3.95. The van der Waals surface area contributed by atoms with Crippen molar-refractivity contribution in [3.05, 3.63) is 63.7 Å². The van der Waals surface area contributed by atoms with Crippen LogP contribution in [0.2, 0.25) is 0 Å². The predicted molar refractivity (Wildman–Crippen MR) is 102 cm³/mol. The van der Waals surface area contributed by atoms with Gasteiger partial charge in [0.25, 0.3) is 5.69 Å². The number of hydrazone groups is 1. The maximum atomic E-state index is 13.2. The van der Waals surface area contributed by atoms with Crippen molar-refractivity contribution >= 4 is 11.9 Å². The number of rotatable bonds is 10. The number of alkyl halides is 7. The van der Waals surface area contributed by atoms with Gasteiger partial charge in [0.1, 0.15) is 6.61 Å². The number of halogens is 7. The van der Waals surface area contributed by atoms with Gasteiger partial charge in [0.05, 0.1) is 17.7 Å². The van der Waals surface area contributed by atoms with Crippen LogP contribution >= 0.6 is 0 Å². The summed E-state index contributed by atoms with van der Waals surface area (Å²) in [6.07, 6.45) is -5.90. The highest BCUT2D eigenvalue weighted by Crippen LogP contribution is 2.45. The number of nitro groups is 1. The molecular weight excluding hydrogens is 467 g/mol. The largest absolute Gasteiger partial charge is 0.490 e. The minimum atomic E-state index is -6.49. The zero-order chi connectivity index (χ0) is 24.9. The molecule has 14 heteroatoms. The molecule has 0 saturated heterocycles. The number of nitro benzene ring substituents is 1. The van der Waals surface area contributed by atoms with Gasteiger partial charge in [-0.25, -0.2) is 5.43 Å². The van der Waals surface area contributed by atoms with E-state index in [0.717, 1.165) is 0 Å². The zero-order valence-corrected chi connectivity index (χ0v) is 16.7. The van der Waals surface area contributed by atoms with Crippen molar-refractivity contribution in [1.82, 2.24) is 5.43 Å². The summed E-state index contributed by atoms with van der Waals surface area (Å²) >= 11 is 0. The minimum Gasteiger partial charge on any atom is -0.490 e. The van der Waals surface area contributed by atoms with Crippen LogP contribution in [-0.4, -0.2) is 35.9 Å². The lowest BCUT2D eigenvalue weighted by molar-refractivity contribution is -0.384. The summed E-state index contributed by atoms with van der Waals surface area (Å²) in [6.45, 7) is 1.67. The Labute approximate surface area is 181 Å². The molecule has 2 aromatic carbocycles. The summed E-state index contributed by atoms with van der Waals surface area (Å²) in [5, 5.41) is 13.6. The first kappa shape index (κ1) is 25.7. The number of nitrogens with one attached hydrogen (secondary N) is 1. The molecule has 0 radical (unpaired) electrons. The molecule has 0 aromatic heterocycles. The van der Waals surface area contributed by atoms with Crippen molar-refractivity contribution in [2.45, 2.75) is 31.7 Å². The summed E-state index contributed by atoms with van der Waals surface area (Å²) in [4.78, 5) is 10.3. The third kappa shape index (κ3) is 6.23. The van der Waals surface area contributed by atoms with Crippen molar-refractivity contribution in [3.8, 4) is 11.5 Å². The molecule has 0 aliphatic rings. The van der Waals surface area contributed by atoms with Crippen LogP contribution in [0.25, 0.3) is 0 Å². The molecule has 2 rings (SSSR count). The van der Waals surface area contributed by atoms with E-state index in [0.29, 0.717) is 17.2 Å². The van der Waals surface area contributed by atoms with E-state index in [1.807, 2.05) is 0 Å². The molecule has 7 nitrogen and oxygen atoms in total. The van der Waals surface area contributed by atoms with Gasteiger partial charge in [0.15, 0.2) is 11.5 Å². The lowest BCUT2D eigenvalue weighted by atomic mass is 10.2. The molecule has 0 unspecified atom stereocenters. The molecule has 1 N–H and O–H groups in total. The first-order valence-corrected chi connectivity index (χ1v) is 9.04. The van der Waals surface area contributed by atoms with Gasteiger partial charge >= 0.3 is 18.1 Å². The number of non-ortho nitro benzene ring substituents is 1. The number of hydrogen-bond acceptors (Lipinski definition) is 6. The van der Waals surface area contributed by atoms with Crippen molar-refractivity contribution in [3.63, 3.8) is 0 Å². The van der Waals surface area contributed by atoms with E-state index in [4.69, 9.17) is 9.47 Å². The van der Waals surface area contributed by atoms with E-state index in [1.165, 1.54) is 36.4 Å². The lowest BCUT2D eigenvalue weighted by Gasteiger charge is -2.27. The van der Waals surface area contributed by atoms with Crippen molar-refractivity contribution < 1.29 is 45.1 Å². The molecule has 0 atom stereocenters. The van der Waals surface area contributed by atoms with E-state index in [-0.39, 0.29) is 36.0 Å². The number of nitrogens with zero attached hydrogens (tertiary/aromatic N) is 2. The summed E-state index contributed by atoms with van der Waals surface area (Å²) in [6, 6.07) is 3.73. The maximum absolute atomic E-state index is 13.2. The third-order valence-corrected chi connectivity index (χ3v) is 3.95. The summed E-state index contributed by atoms with van der Waals surface area (Å²) < 4.78 is 99.5.